The number of hydrogen-bond donors (Lipinski definition) is 1. The van der Waals surface area contributed by atoms with Gasteiger partial charge in [-0.25, -0.2) is 0 Å². The number of rotatable bonds is 7. The Morgan fingerprint density at radius 2 is 1.67 bits per heavy atom. The lowest BCUT2D eigenvalue weighted by atomic mass is 9.97. The highest BCUT2D eigenvalue weighted by atomic mass is 16.2. The first-order valence-corrected chi connectivity index (χ1v) is 8.59. The van der Waals surface area contributed by atoms with Crippen LogP contribution in [0.15, 0.2) is 0 Å². The summed E-state index contributed by atoms with van der Waals surface area (Å²) < 4.78 is 0. The molecule has 4 heteroatoms. The van der Waals surface area contributed by atoms with E-state index in [-0.39, 0.29) is 18.0 Å². The number of carbonyl (C=O) groups is 1. The number of piperidine rings is 1. The Labute approximate surface area is 131 Å². The highest BCUT2D eigenvalue weighted by molar-refractivity contribution is 5.82. The molecule has 1 saturated heterocycles. The van der Waals surface area contributed by atoms with Crippen molar-refractivity contribution >= 4 is 5.91 Å². The van der Waals surface area contributed by atoms with Gasteiger partial charge in [0.05, 0.1) is 6.04 Å². The van der Waals surface area contributed by atoms with Crippen LogP contribution in [0, 0.1) is 11.8 Å². The smallest absolute Gasteiger partial charge is 0.239 e. The molecule has 1 rings (SSSR count). The van der Waals surface area contributed by atoms with E-state index >= 15 is 0 Å². The summed E-state index contributed by atoms with van der Waals surface area (Å²) >= 11 is 0. The van der Waals surface area contributed by atoms with Gasteiger partial charge in [0.1, 0.15) is 0 Å². The normalized spacial score (nSPS) is 19.8. The number of amides is 1. The molecule has 0 aliphatic carbocycles. The van der Waals surface area contributed by atoms with Gasteiger partial charge in [-0.05, 0) is 44.2 Å². The van der Waals surface area contributed by atoms with Crippen LogP contribution in [0.2, 0.25) is 0 Å². The molecule has 2 N–H and O–H groups in total. The molecule has 21 heavy (non-hydrogen) atoms. The Hall–Kier alpha value is -0.610. The molecule has 4 nitrogen and oxygen atoms in total. The van der Waals surface area contributed by atoms with E-state index in [1.165, 1.54) is 19.3 Å². The van der Waals surface area contributed by atoms with Gasteiger partial charge in [-0.1, -0.05) is 34.1 Å². The van der Waals surface area contributed by atoms with Crippen LogP contribution in [0.4, 0.5) is 0 Å². The van der Waals surface area contributed by atoms with E-state index in [2.05, 4.69) is 32.6 Å². The Morgan fingerprint density at radius 1 is 1.10 bits per heavy atom. The second kappa shape index (κ2) is 8.74. The molecule has 1 aliphatic heterocycles. The van der Waals surface area contributed by atoms with Gasteiger partial charge in [-0.15, -0.1) is 0 Å². The van der Waals surface area contributed by atoms with Crippen molar-refractivity contribution < 1.29 is 4.79 Å². The zero-order valence-corrected chi connectivity index (χ0v) is 14.6. The van der Waals surface area contributed by atoms with E-state index in [4.69, 9.17) is 5.73 Å². The number of hydrogen-bond acceptors (Lipinski definition) is 3. The lowest BCUT2D eigenvalue weighted by Crippen LogP contribution is -2.52. The fourth-order valence-corrected chi connectivity index (χ4v) is 3.07. The summed E-state index contributed by atoms with van der Waals surface area (Å²) in [6, 6.07) is 0.207. The standard InChI is InChI=1S/C17H35N3O/c1-13(2)15(18)9-12-19(5)17(21)16(14(3)4)20-10-7-6-8-11-20/h13-16H,6-12,18H2,1-5H3. The predicted molar refractivity (Wildman–Crippen MR) is 89.1 cm³/mol. The zero-order valence-electron chi connectivity index (χ0n) is 14.6. The van der Waals surface area contributed by atoms with Crippen molar-refractivity contribution in [3.05, 3.63) is 0 Å². The summed E-state index contributed by atoms with van der Waals surface area (Å²) in [5, 5.41) is 0. The van der Waals surface area contributed by atoms with E-state index in [0.29, 0.717) is 11.8 Å². The minimum absolute atomic E-state index is 0.0329. The van der Waals surface area contributed by atoms with Crippen LogP contribution in [0.25, 0.3) is 0 Å². The first-order valence-electron chi connectivity index (χ1n) is 8.59. The Balaban J connectivity index is 2.58. The first kappa shape index (κ1) is 18.4. The van der Waals surface area contributed by atoms with E-state index in [1.807, 2.05) is 11.9 Å². The maximum absolute atomic E-state index is 12.8. The van der Waals surface area contributed by atoms with Crippen LogP contribution >= 0.6 is 0 Å². The molecule has 0 radical (unpaired) electrons. The second-order valence-electron chi connectivity index (χ2n) is 7.24. The van der Waals surface area contributed by atoms with Crippen LogP contribution in [0.5, 0.6) is 0 Å². The fourth-order valence-electron chi connectivity index (χ4n) is 3.07. The van der Waals surface area contributed by atoms with Gasteiger partial charge in [0.25, 0.3) is 0 Å². The minimum atomic E-state index is 0.0329. The van der Waals surface area contributed by atoms with Crippen LogP contribution < -0.4 is 5.73 Å². The molecule has 1 heterocycles. The maximum atomic E-state index is 12.8. The lowest BCUT2D eigenvalue weighted by molar-refractivity contribution is -0.138. The number of nitrogens with two attached hydrogens (primary N) is 1. The third-order valence-electron chi connectivity index (χ3n) is 4.70. The average Bonchev–Trinajstić information content (AvgIpc) is 2.44. The SMILES string of the molecule is CC(C)C(N)CCN(C)C(=O)C(C(C)C)N1CCCCC1. The number of nitrogens with zero attached hydrogens (tertiary/aromatic N) is 2. The van der Waals surface area contributed by atoms with Crippen molar-refractivity contribution in [2.75, 3.05) is 26.7 Å². The van der Waals surface area contributed by atoms with Gasteiger partial charge < -0.3 is 10.6 Å². The maximum Gasteiger partial charge on any atom is 0.239 e. The van der Waals surface area contributed by atoms with Gasteiger partial charge in [0, 0.05) is 19.6 Å². The Kier molecular flexibility index (Phi) is 7.67. The van der Waals surface area contributed by atoms with Gasteiger partial charge in [-0.3, -0.25) is 9.69 Å². The van der Waals surface area contributed by atoms with Crippen molar-refractivity contribution in [3.8, 4) is 0 Å². The minimum Gasteiger partial charge on any atom is -0.344 e. The molecule has 0 bridgehead atoms. The van der Waals surface area contributed by atoms with Gasteiger partial charge >= 0.3 is 0 Å². The van der Waals surface area contributed by atoms with E-state index in [1.54, 1.807) is 0 Å². The molecule has 2 unspecified atom stereocenters. The third kappa shape index (κ3) is 5.59. The van der Waals surface area contributed by atoms with Crippen LogP contribution in [0.1, 0.15) is 53.4 Å². The summed E-state index contributed by atoms with van der Waals surface area (Å²) in [5.41, 5.74) is 6.10. The molecule has 0 saturated carbocycles. The molecule has 124 valence electrons. The molecule has 0 spiro atoms. The Morgan fingerprint density at radius 3 is 2.14 bits per heavy atom. The van der Waals surface area contributed by atoms with Gasteiger partial charge in [0.2, 0.25) is 5.91 Å². The Bertz CT molecular complexity index is 311. The van der Waals surface area contributed by atoms with Crippen molar-refractivity contribution in [2.24, 2.45) is 17.6 Å². The highest BCUT2D eigenvalue weighted by Gasteiger charge is 2.31. The summed E-state index contributed by atoms with van der Waals surface area (Å²) in [6.07, 6.45) is 4.62. The number of likely N-dealkylation sites (N-methyl/N-ethyl adjacent to an activating group) is 1. The molecule has 1 fully saturated rings. The van der Waals surface area contributed by atoms with Gasteiger partial charge in [0.15, 0.2) is 0 Å². The van der Waals surface area contributed by atoms with Gasteiger partial charge in [-0.2, -0.15) is 0 Å². The molecule has 2 atom stereocenters. The number of carbonyl (C=O) groups excluding carboxylic acids is 1. The summed E-state index contributed by atoms with van der Waals surface area (Å²) in [6.45, 7) is 11.5. The molecule has 1 amide bonds. The molecule has 1 aliphatic rings. The van der Waals surface area contributed by atoms with Crippen molar-refractivity contribution in [1.29, 1.82) is 0 Å². The van der Waals surface area contributed by atoms with Crippen LogP contribution in [-0.4, -0.2) is 54.5 Å². The van der Waals surface area contributed by atoms with Crippen molar-refractivity contribution in [2.45, 2.75) is 65.5 Å². The van der Waals surface area contributed by atoms with E-state index in [9.17, 15) is 4.79 Å². The van der Waals surface area contributed by atoms with Crippen LogP contribution in [-0.2, 0) is 4.79 Å². The van der Waals surface area contributed by atoms with Crippen molar-refractivity contribution in [3.63, 3.8) is 0 Å². The van der Waals surface area contributed by atoms with Crippen molar-refractivity contribution in [1.82, 2.24) is 9.80 Å². The quantitative estimate of drug-likeness (QED) is 0.784. The summed E-state index contributed by atoms with van der Waals surface area (Å²) in [7, 11) is 1.93. The zero-order chi connectivity index (χ0) is 16.0. The molecule has 0 aromatic carbocycles. The first-order chi connectivity index (χ1) is 9.84. The van der Waals surface area contributed by atoms with Crippen LogP contribution in [0.3, 0.4) is 0 Å². The fraction of sp³-hybridized carbons (Fsp3) is 0.941. The number of likely N-dealkylation sites (tertiary alicyclic amines) is 1. The summed E-state index contributed by atoms with van der Waals surface area (Å²) in [5.74, 6) is 1.09. The molecule has 0 aromatic rings. The molecular weight excluding hydrogens is 262 g/mol. The lowest BCUT2D eigenvalue weighted by Gasteiger charge is -2.38. The average molecular weight is 297 g/mol. The monoisotopic (exact) mass is 297 g/mol. The topological polar surface area (TPSA) is 49.6 Å². The second-order valence-corrected chi connectivity index (χ2v) is 7.24. The molecule has 0 aromatic heterocycles. The highest BCUT2D eigenvalue weighted by Crippen LogP contribution is 2.19. The molecular formula is C17H35N3O. The van der Waals surface area contributed by atoms with E-state index < -0.39 is 0 Å². The summed E-state index contributed by atoms with van der Waals surface area (Å²) in [4.78, 5) is 17.1. The van der Waals surface area contributed by atoms with E-state index in [0.717, 1.165) is 26.1 Å². The largest absolute Gasteiger partial charge is 0.344 e. The predicted octanol–water partition coefficient (Wildman–Crippen LogP) is 2.33. The third-order valence-corrected chi connectivity index (χ3v) is 4.70.